The number of nitrogens with one attached hydrogen (secondary N) is 2. The van der Waals surface area contributed by atoms with Crippen LogP contribution in [0.3, 0.4) is 0 Å². The lowest BCUT2D eigenvalue weighted by atomic mass is 10.0. The molecule has 23 heavy (non-hydrogen) atoms. The van der Waals surface area contributed by atoms with Crippen molar-refractivity contribution in [3.8, 4) is 22.4 Å². The number of hydrogen-bond donors (Lipinski definition) is 3. The lowest BCUT2D eigenvalue weighted by molar-refractivity contribution is 0.910. The number of benzene rings is 2. The summed E-state index contributed by atoms with van der Waals surface area (Å²) < 4.78 is 1.47. The molecule has 0 spiro atoms. The van der Waals surface area contributed by atoms with Crippen LogP contribution in [0.25, 0.3) is 22.4 Å². The first kappa shape index (κ1) is 13.6. The van der Waals surface area contributed by atoms with Gasteiger partial charge < -0.3 is 11.1 Å². The Morgan fingerprint density at radius 2 is 1.65 bits per heavy atom. The molecular formula is C18H17N5. The maximum Gasteiger partial charge on any atom is 0.215 e. The Bertz CT molecular complexity index is 862. The van der Waals surface area contributed by atoms with E-state index < -0.39 is 0 Å². The van der Waals surface area contributed by atoms with E-state index >= 15 is 0 Å². The second kappa shape index (κ2) is 5.28. The molecule has 5 nitrogen and oxygen atoms in total. The summed E-state index contributed by atoms with van der Waals surface area (Å²) in [6.45, 7) is 0.857. The van der Waals surface area contributed by atoms with Gasteiger partial charge in [-0.1, -0.05) is 54.6 Å². The highest BCUT2D eigenvalue weighted by atomic mass is 15.4. The molecule has 5 heteroatoms. The van der Waals surface area contributed by atoms with Gasteiger partial charge in [-0.2, -0.15) is 9.78 Å². The van der Waals surface area contributed by atoms with Crippen molar-refractivity contribution in [3.63, 3.8) is 0 Å². The number of nitrogen functional groups attached to an aromatic ring is 1. The molecule has 1 aromatic heterocycles. The van der Waals surface area contributed by atoms with Gasteiger partial charge in [0.05, 0.1) is 5.69 Å². The van der Waals surface area contributed by atoms with Crippen molar-refractivity contribution in [2.45, 2.75) is 6.42 Å². The topological polar surface area (TPSA) is 79.7 Å². The molecule has 114 valence electrons. The van der Waals surface area contributed by atoms with Crippen LogP contribution in [0, 0.1) is 5.41 Å². The summed E-state index contributed by atoms with van der Waals surface area (Å²) in [5.74, 6) is 0.780. The van der Waals surface area contributed by atoms with Gasteiger partial charge in [-0.15, -0.1) is 0 Å². The van der Waals surface area contributed by atoms with Crippen LogP contribution in [0.5, 0.6) is 0 Å². The molecule has 0 unspecified atom stereocenters. The van der Waals surface area contributed by atoms with Crippen LogP contribution in [-0.4, -0.2) is 22.3 Å². The third kappa shape index (κ3) is 2.26. The summed E-state index contributed by atoms with van der Waals surface area (Å²) in [7, 11) is 0. The molecule has 2 heterocycles. The zero-order valence-corrected chi connectivity index (χ0v) is 12.6. The predicted molar refractivity (Wildman–Crippen MR) is 92.6 cm³/mol. The van der Waals surface area contributed by atoms with Gasteiger partial charge in [0.2, 0.25) is 5.96 Å². The average Bonchev–Trinajstić information content (AvgIpc) is 3.18. The minimum Gasteiger partial charge on any atom is -0.369 e. The zero-order chi connectivity index (χ0) is 15.8. The highest BCUT2D eigenvalue weighted by molar-refractivity contribution is 5.85. The summed E-state index contributed by atoms with van der Waals surface area (Å²) >= 11 is 0. The molecular weight excluding hydrogens is 286 g/mol. The normalized spacial score (nSPS) is 12.7. The SMILES string of the molecule is N=C(N)n1nc(-c2ccc(-c3ccccc3)cc2)c2c1NCC2. The summed E-state index contributed by atoms with van der Waals surface area (Å²) in [5, 5.41) is 15.4. The molecule has 4 rings (SSSR count). The largest absolute Gasteiger partial charge is 0.369 e. The van der Waals surface area contributed by atoms with Gasteiger partial charge >= 0.3 is 0 Å². The zero-order valence-electron chi connectivity index (χ0n) is 12.6. The summed E-state index contributed by atoms with van der Waals surface area (Å²) in [6.07, 6.45) is 0.901. The first-order valence-electron chi connectivity index (χ1n) is 7.60. The van der Waals surface area contributed by atoms with Crippen LogP contribution in [0.1, 0.15) is 5.56 Å². The van der Waals surface area contributed by atoms with Crippen molar-refractivity contribution in [3.05, 3.63) is 60.2 Å². The minimum absolute atomic E-state index is 0.0668. The van der Waals surface area contributed by atoms with Gasteiger partial charge in [0, 0.05) is 17.7 Å². The highest BCUT2D eigenvalue weighted by Crippen LogP contribution is 2.33. The number of fused-ring (bicyclic) bond motifs is 1. The van der Waals surface area contributed by atoms with Crippen molar-refractivity contribution in [2.75, 3.05) is 11.9 Å². The van der Waals surface area contributed by atoms with E-state index in [-0.39, 0.29) is 5.96 Å². The van der Waals surface area contributed by atoms with E-state index in [0.29, 0.717) is 0 Å². The van der Waals surface area contributed by atoms with E-state index in [0.717, 1.165) is 35.6 Å². The summed E-state index contributed by atoms with van der Waals surface area (Å²) in [4.78, 5) is 0. The van der Waals surface area contributed by atoms with Crippen LogP contribution in [0.2, 0.25) is 0 Å². The second-order valence-corrected chi connectivity index (χ2v) is 5.59. The standard InChI is InChI=1S/C18H17N5/c19-18(20)23-17-15(10-11-21-17)16(22-23)14-8-6-13(7-9-14)12-4-2-1-3-5-12/h1-9,21H,10-11H2,(H3,19,20). The van der Waals surface area contributed by atoms with Crippen molar-refractivity contribution in [1.29, 1.82) is 5.41 Å². The van der Waals surface area contributed by atoms with Crippen molar-refractivity contribution < 1.29 is 0 Å². The second-order valence-electron chi connectivity index (χ2n) is 5.59. The molecule has 0 aliphatic carbocycles. The van der Waals surface area contributed by atoms with Gasteiger partial charge in [-0.25, -0.2) is 0 Å². The molecule has 0 amide bonds. The summed E-state index contributed by atoms with van der Waals surface area (Å²) in [6, 6.07) is 18.7. The Kier molecular flexibility index (Phi) is 3.12. The summed E-state index contributed by atoms with van der Waals surface area (Å²) in [5.41, 5.74) is 11.1. The third-order valence-electron chi connectivity index (χ3n) is 4.14. The van der Waals surface area contributed by atoms with Gasteiger partial charge in [-0.05, 0) is 17.5 Å². The number of hydrogen-bond acceptors (Lipinski definition) is 3. The number of anilines is 1. The van der Waals surface area contributed by atoms with Crippen LogP contribution in [0.15, 0.2) is 54.6 Å². The van der Waals surface area contributed by atoms with E-state index in [2.05, 4.69) is 46.8 Å². The molecule has 0 saturated carbocycles. The monoisotopic (exact) mass is 303 g/mol. The number of nitrogens with zero attached hydrogens (tertiary/aromatic N) is 2. The van der Waals surface area contributed by atoms with Crippen molar-refractivity contribution >= 4 is 11.8 Å². The number of nitrogens with two attached hydrogens (primary N) is 1. The molecule has 0 atom stereocenters. The van der Waals surface area contributed by atoms with Gasteiger partial charge in [0.15, 0.2) is 0 Å². The van der Waals surface area contributed by atoms with E-state index in [1.54, 1.807) is 0 Å². The molecule has 2 aromatic carbocycles. The molecule has 4 N–H and O–H groups in total. The molecule has 1 aliphatic heterocycles. The smallest absolute Gasteiger partial charge is 0.215 e. The lowest BCUT2D eigenvalue weighted by Gasteiger charge is -2.04. The Hall–Kier alpha value is -3.08. The maximum absolute atomic E-state index is 7.66. The predicted octanol–water partition coefficient (Wildman–Crippen LogP) is 2.93. The van der Waals surface area contributed by atoms with Crippen LogP contribution >= 0.6 is 0 Å². The first-order chi connectivity index (χ1) is 11.2. The van der Waals surface area contributed by atoms with Crippen LogP contribution in [-0.2, 0) is 6.42 Å². The quantitative estimate of drug-likeness (QED) is 0.503. The van der Waals surface area contributed by atoms with Gasteiger partial charge in [0.25, 0.3) is 0 Å². The minimum atomic E-state index is -0.0668. The van der Waals surface area contributed by atoms with E-state index in [9.17, 15) is 0 Å². The Balaban J connectivity index is 1.75. The Morgan fingerprint density at radius 1 is 1.00 bits per heavy atom. The van der Waals surface area contributed by atoms with E-state index in [4.69, 9.17) is 11.1 Å². The highest BCUT2D eigenvalue weighted by Gasteiger charge is 2.24. The van der Waals surface area contributed by atoms with E-state index in [1.807, 2.05) is 18.2 Å². The van der Waals surface area contributed by atoms with Crippen LogP contribution in [0.4, 0.5) is 5.82 Å². The van der Waals surface area contributed by atoms with Gasteiger partial charge in [0.1, 0.15) is 5.82 Å². The molecule has 3 aromatic rings. The lowest BCUT2D eigenvalue weighted by Crippen LogP contribution is -2.23. The Morgan fingerprint density at radius 3 is 2.35 bits per heavy atom. The van der Waals surface area contributed by atoms with Crippen LogP contribution < -0.4 is 11.1 Å². The number of rotatable bonds is 2. The average molecular weight is 303 g/mol. The first-order valence-corrected chi connectivity index (χ1v) is 7.60. The van der Waals surface area contributed by atoms with E-state index in [1.165, 1.54) is 15.8 Å². The molecule has 0 radical (unpaired) electrons. The number of aromatic nitrogens is 2. The molecule has 0 saturated heterocycles. The van der Waals surface area contributed by atoms with Gasteiger partial charge in [-0.3, -0.25) is 5.41 Å². The molecule has 0 fully saturated rings. The Labute approximate surface area is 134 Å². The fourth-order valence-corrected chi connectivity index (χ4v) is 3.03. The fraction of sp³-hybridized carbons (Fsp3) is 0.111. The van der Waals surface area contributed by atoms with Crippen molar-refractivity contribution in [2.24, 2.45) is 5.73 Å². The fourth-order valence-electron chi connectivity index (χ4n) is 3.03. The maximum atomic E-state index is 7.66. The third-order valence-corrected chi connectivity index (χ3v) is 4.14. The molecule has 1 aliphatic rings. The van der Waals surface area contributed by atoms with Crippen molar-refractivity contribution in [1.82, 2.24) is 9.78 Å². The molecule has 0 bridgehead atoms.